The van der Waals surface area contributed by atoms with Crippen LogP contribution in [0.5, 0.6) is 0 Å². The van der Waals surface area contributed by atoms with Crippen LogP contribution in [-0.2, 0) is 4.84 Å². The Hall–Kier alpha value is -2.69. The number of rotatable bonds is 5. The van der Waals surface area contributed by atoms with Crippen LogP contribution < -0.4 is 0 Å². The van der Waals surface area contributed by atoms with Gasteiger partial charge < -0.3 is 4.84 Å². The summed E-state index contributed by atoms with van der Waals surface area (Å²) in [5.41, 5.74) is 1.69. The van der Waals surface area contributed by atoms with Crippen LogP contribution >= 0.6 is 0 Å². The van der Waals surface area contributed by atoms with E-state index in [0.717, 1.165) is 5.56 Å². The molecule has 0 saturated carbocycles. The van der Waals surface area contributed by atoms with Gasteiger partial charge in [0.2, 0.25) is 0 Å². The van der Waals surface area contributed by atoms with Crippen LogP contribution in [0.25, 0.3) is 0 Å². The van der Waals surface area contributed by atoms with Gasteiger partial charge in [-0.15, -0.1) is 0 Å². The molecule has 102 valence electrons. The number of nitro benzene ring substituents is 1. The highest BCUT2D eigenvalue weighted by atomic mass is 16.6. The molecule has 2 aromatic carbocycles. The summed E-state index contributed by atoms with van der Waals surface area (Å²) in [7, 11) is 0. The highest BCUT2D eigenvalue weighted by Crippen LogP contribution is 2.21. The van der Waals surface area contributed by atoms with Crippen LogP contribution in [0.4, 0.5) is 5.69 Å². The van der Waals surface area contributed by atoms with E-state index in [1.54, 1.807) is 25.3 Å². The molecule has 2 rings (SSSR count). The number of non-ortho nitro benzene ring substituents is 1. The zero-order valence-electron chi connectivity index (χ0n) is 11.0. The van der Waals surface area contributed by atoms with Gasteiger partial charge in [0.25, 0.3) is 5.69 Å². The summed E-state index contributed by atoms with van der Waals surface area (Å²) < 4.78 is 0. The first-order chi connectivity index (χ1) is 9.66. The molecule has 1 atom stereocenters. The molecule has 0 saturated heterocycles. The Morgan fingerprint density at radius 1 is 1.20 bits per heavy atom. The van der Waals surface area contributed by atoms with E-state index in [2.05, 4.69) is 5.16 Å². The Morgan fingerprint density at radius 3 is 2.65 bits per heavy atom. The van der Waals surface area contributed by atoms with E-state index >= 15 is 0 Å². The van der Waals surface area contributed by atoms with Crippen molar-refractivity contribution in [2.75, 3.05) is 0 Å². The predicted molar refractivity (Wildman–Crippen MR) is 76.6 cm³/mol. The third-order valence-electron chi connectivity index (χ3n) is 2.77. The summed E-state index contributed by atoms with van der Waals surface area (Å²) in [6, 6.07) is 15.9. The van der Waals surface area contributed by atoms with E-state index < -0.39 is 4.92 Å². The van der Waals surface area contributed by atoms with Crippen molar-refractivity contribution in [3.05, 3.63) is 75.8 Å². The second-order valence-corrected chi connectivity index (χ2v) is 4.24. The number of nitrogens with zero attached hydrogens (tertiary/aromatic N) is 2. The van der Waals surface area contributed by atoms with E-state index in [1.807, 2.05) is 30.3 Å². The minimum atomic E-state index is -0.427. The highest BCUT2D eigenvalue weighted by Gasteiger charge is 2.11. The first-order valence-corrected chi connectivity index (χ1v) is 6.15. The van der Waals surface area contributed by atoms with Crippen LogP contribution in [-0.4, -0.2) is 11.1 Å². The van der Waals surface area contributed by atoms with E-state index in [9.17, 15) is 10.1 Å². The molecule has 0 aliphatic rings. The van der Waals surface area contributed by atoms with Crippen LogP contribution in [0.2, 0.25) is 0 Å². The molecule has 0 unspecified atom stereocenters. The number of oxime groups is 1. The van der Waals surface area contributed by atoms with Gasteiger partial charge in [-0.1, -0.05) is 47.6 Å². The molecule has 0 radical (unpaired) electrons. The zero-order valence-corrected chi connectivity index (χ0v) is 11.0. The second kappa shape index (κ2) is 6.47. The normalized spacial score (nSPS) is 12.2. The Balaban J connectivity index is 2.01. The van der Waals surface area contributed by atoms with Crippen LogP contribution in [0.15, 0.2) is 59.8 Å². The average molecular weight is 270 g/mol. The van der Waals surface area contributed by atoms with Gasteiger partial charge in [0.15, 0.2) is 0 Å². The molecular weight excluding hydrogens is 256 g/mol. The largest absolute Gasteiger partial charge is 0.388 e. The van der Waals surface area contributed by atoms with Crippen molar-refractivity contribution in [2.45, 2.75) is 13.0 Å². The van der Waals surface area contributed by atoms with Crippen molar-refractivity contribution >= 4 is 11.9 Å². The van der Waals surface area contributed by atoms with Gasteiger partial charge in [0.1, 0.15) is 6.10 Å². The molecule has 0 fully saturated rings. The fraction of sp³-hybridized carbons (Fsp3) is 0.133. The summed E-state index contributed by atoms with van der Waals surface area (Å²) in [6.07, 6.45) is 1.25. The molecule has 0 aliphatic heterocycles. The third kappa shape index (κ3) is 3.65. The first-order valence-electron chi connectivity index (χ1n) is 6.15. The van der Waals surface area contributed by atoms with E-state index in [1.165, 1.54) is 12.1 Å². The Morgan fingerprint density at radius 2 is 1.95 bits per heavy atom. The summed E-state index contributed by atoms with van der Waals surface area (Å²) in [6.45, 7) is 1.79. The molecule has 0 amide bonds. The van der Waals surface area contributed by atoms with Gasteiger partial charge in [0, 0.05) is 17.7 Å². The Labute approximate surface area is 116 Å². The molecular formula is C15H14N2O3. The van der Waals surface area contributed by atoms with Gasteiger partial charge in [-0.05, 0) is 12.5 Å². The van der Waals surface area contributed by atoms with Gasteiger partial charge in [-0.3, -0.25) is 10.1 Å². The Bertz CT molecular complexity index is 612. The lowest BCUT2D eigenvalue weighted by molar-refractivity contribution is -0.385. The second-order valence-electron chi connectivity index (χ2n) is 4.24. The van der Waals surface area contributed by atoms with Crippen molar-refractivity contribution in [3.63, 3.8) is 0 Å². The number of hydrogen-bond donors (Lipinski definition) is 0. The summed E-state index contributed by atoms with van der Waals surface area (Å²) in [5.74, 6) is 0. The summed E-state index contributed by atoms with van der Waals surface area (Å²) >= 11 is 0. The predicted octanol–water partition coefficient (Wildman–Crippen LogP) is 3.71. The minimum absolute atomic E-state index is 0.0463. The molecule has 0 aromatic heterocycles. The van der Waals surface area contributed by atoms with E-state index in [-0.39, 0.29) is 11.8 Å². The van der Waals surface area contributed by atoms with Gasteiger partial charge in [-0.2, -0.15) is 0 Å². The molecule has 20 heavy (non-hydrogen) atoms. The topological polar surface area (TPSA) is 64.7 Å². The van der Waals surface area contributed by atoms with Crippen molar-refractivity contribution in [1.29, 1.82) is 0 Å². The molecule has 0 N–H and O–H groups in total. The Kier molecular flexibility index (Phi) is 4.44. The van der Waals surface area contributed by atoms with Crippen LogP contribution in [0, 0.1) is 10.1 Å². The SMILES string of the molecule is C[C@@H](O/N=C\c1ccccc1)c1cccc([N+](=O)[O-])c1. The maximum absolute atomic E-state index is 10.7. The number of nitro groups is 1. The molecule has 5 nitrogen and oxygen atoms in total. The van der Waals surface area contributed by atoms with E-state index in [0.29, 0.717) is 5.56 Å². The number of hydrogen-bond acceptors (Lipinski definition) is 4. The van der Waals surface area contributed by atoms with Crippen molar-refractivity contribution in [2.24, 2.45) is 5.16 Å². The van der Waals surface area contributed by atoms with Crippen molar-refractivity contribution in [1.82, 2.24) is 0 Å². The van der Waals surface area contributed by atoms with E-state index in [4.69, 9.17) is 4.84 Å². The first kappa shape index (κ1) is 13.7. The number of benzene rings is 2. The van der Waals surface area contributed by atoms with Gasteiger partial charge >= 0.3 is 0 Å². The summed E-state index contributed by atoms with van der Waals surface area (Å²) in [5, 5.41) is 14.6. The zero-order chi connectivity index (χ0) is 14.4. The molecule has 0 heterocycles. The van der Waals surface area contributed by atoms with Crippen LogP contribution in [0.3, 0.4) is 0 Å². The third-order valence-corrected chi connectivity index (χ3v) is 2.77. The average Bonchev–Trinajstić information content (AvgIpc) is 2.48. The lowest BCUT2D eigenvalue weighted by Crippen LogP contribution is -1.97. The smallest absolute Gasteiger partial charge is 0.269 e. The lowest BCUT2D eigenvalue weighted by atomic mass is 10.1. The lowest BCUT2D eigenvalue weighted by Gasteiger charge is -2.09. The molecule has 2 aromatic rings. The molecule has 0 spiro atoms. The van der Waals surface area contributed by atoms with Gasteiger partial charge in [0.05, 0.1) is 11.1 Å². The van der Waals surface area contributed by atoms with Crippen molar-refractivity contribution < 1.29 is 9.76 Å². The fourth-order valence-electron chi connectivity index (χ4n) is 1.67. The minimum Gasteiger partial charge on any atom is -0.388 e. The maximum atomic E-state index is 10.7. The fourth-order valence-corrected chi connectivity index (χ4v) is 1.67. The highest BCUT2D eigenvalue weighted by molar-refractivity contribution is 5.78. The molecule has 5 heteroatoms. The van der Waals surface area contributed by atoms with Crippen molar-refractivity contribution in [3.8, 4) is 0 Å². The summed E-state index contributed by atoms with van der Waals surface area (Å²) in [4.78, 5) is 15.6. The monoisotopic (exact) mass is 270 g/mol. The molecule has 0 aliphatic carbocycles. The maximum Gasteiger partial charge on any atom is 0.269 e. The van der Waals surface area contributed by atoms with Crippen LogP contribution in [0.1, 0.15) is 24.2 Å². The van der Waals surface area contributed by atoms with Gasteiger partial charge in [-0.25, -0.2) is 0 Å². The standard InChI is InChI=1S/C15H14N2O3/c1-12(14-8-5-9-15(10-14)17(18)19)20-16-11-13-6-3-2-4-7-13/h2-12H,1H3/b16-11-/t12-/m1/s1. The molecule has 0 bridgehead atoms. The quantitative estimate of drug-likeness (QED) is 0.472.